The molecule has 100 valence electrons. The molecule has 0 spiro atoms. The van der Waals surface area contributed by atoms with Gasteiger partial charge in [0, 0.05) is 11.6 Å². The number of hydrogen-bond acceptors (Lipinski definition) is 3. The van der Waals surface area contributed by atoms with Gasteiger partial charge < -0.3 is 15.2 Å². The molecule has 0 unspecified atom stereocenters. The molecule has 0 atom stereocenters. The summed E-state index contributed by atoms with van der Waals surface area (Å²) < 4.78 is 10.6. The standard InChI is InChI=1S/C15H16ClNO2/c1-18-14-7-11(9-17)13(8-15(14)19-2)10-4-3-5-12(16)6-10/h3-8H,9,17H2,1-2H3. The molecule has 0 aromatic heterocycles. The fraction of sp³-hybridized carbons (Fsp3) is 0.200. The molecule has 0 bridgehead atoms. The monoisotopic (exact) mass is 277 g/mol. The Bertz CT molecular complexity index is 584. The SMILES string of the molecule is COc1cc(CN)c(-c2cccc(Cl)c2)cc1OC. The van der Waals surface area contributed by atoms with Gasteiger partial charge in [0.25, 0.3) is 0 Å². The summed E-state index contributed by atoms with van der Waals surface area (Å²) in [5, 5.41) is 0.690. The number of methoxy groups -OCH3 is 2. The van der Waals surface area contributed by atoms with Gasteiger partial charge in [-0.05, 0) is 41.0 Å². The molecule has 3 nitrogen and oxygen atoms in total. The highest BCUT2D eigenvalue weighted by Crippen LogP contribution is 2.36. The molecule has 0 aliphatic rings. The third-order valence-corrected chi connectivity index (χ3v) is 3.20. The Hall–Kier alpha value is -1.71. The summed E-state index contributed by atoms with van der Waals surface area (Å²) in [5.74, 6) is 1.35. The van der Waals surface area contributed by atoms with E-state index in [0.717, 1.165) is 16.7 Å². The van der Waals surface area contributed by atoms with Gasteiger partial charge in [-0.25, -0.2) is 0 Å². The van der Waals surface area contributed by atoms with Gasteiger partial charge >= 0.3 is 0 Å². The molecule has 0 amide bonds. The summed E-state index contributed by atoms with van der Waals surface area (Å²) in [5.41, 5.74) is 8.81. The molecule has 0 saturated carbocycles. The number of rotatable bonds is 4. The highest BCUT2D eigenvalue weighted by atomic mass is 35.5. The summed E-state index contributed by atoms with van der Waals surface area (Å²) in [7, 11) is 3.22. The minimum absolute atomic E-state index is 0.419. The molecule has 0 aliphatic carbocycles. The quantitative estimate of drug-likeness (QED) is 0.930. The lowest BCUT2D eigenvalue weighted by Crippen LogP contribution is -2.01. The van der Waals surface area contributed by atoms with Crippen molar-refractivity contribution < 1.29 is 9.47 Å². The Labute approximate surface area is 117 Å². The van der Waals surface area contributed by atoms with Crippen LogP contribution in [0, 0.1) is 0 Å². The minimum Gasteiger partial charge on any atom is -0.493 e. The number of hydrogen-bond donors (Lipinski definition) is 1. The van der Waals surface area contributed by atoms with Crippen LogP contribution in [0.5, 0.6) is 11.5 Å². The summed E-state index contributed by atoms with van der Waals surface area (Å²) in [6.07, 6.45) is 0. The van der Waals surface area contributed by atoms with Crippen LogP contribution in [0.25, 0.3) is 11.1 Å². The van der Waals surface area contributed by atoms with Crippen molar-refractivity contribution in [3.8, 4) is 22.6 Å². The van der Waals surface area contributed by atoms with Crippen molar-refractivity contribution in [3.05, 3.63) is 47.0 Å². The first kappa shape index (κ1) is 13.7. The second-order valence-electron chi connectivity index (χ2n) is 4.08. The van der Waals surface area contributed by atoms with Crippen LogP contribution in [-0.2, 0) is 6.54 Å². The van der Waals surface area contributed by atoms with E-state index in [0.29, 0.717) is 23.1 Å². The zero-order valence-corrected chi connectivity index (χ0v) is 11.7. The van der Waals surface area contributed by atoms with Crippen molar-refractivity contribution in [3.63, 3.8) is 0 Å². The van der Waals surface area contributed by atoms with Crippen LogP contribution in [-0.4, -0.2) is 14.2 Å². The molecule has 0 aliphatic heterocycles. The lowest BCUT2D eigenvalue weighted by atomic mass is 9.99. The van der Waals surface area contributed by atoms with Crippen LogP contribution in [0.2, 0.25) is 5.02 Å². The highest BCUT2D eigenvalue weighted by Gasteiger charge is 2.12. The summed E-state index contributed by atoms with van der Waals surface area (Å²) >= 11 is 6.04. The maximum absolute atomic E-state index is 6.04. The molecule has 2 rings (SSSR count). The first-order chi connectivity index (χ1) is 9.19. The topological polar surface area (TPSA) is 44.5 Å². The molecule has 0 saturated heterocycles. The van der Waals surface area contributed by atoms with E-state index in [1.165, 1.54) is 0 Å². The number of ether oxygens (including phenoxy) is 2. The van der Waals surface area contributed by atoms with Gasteiger partial charge in [0.15, 0.2) is 11.5 Å². The molecule has 0 heterocycles. The average Bonchev–Trinajstić information content (AvgIpc) is 2.45. The van der Waals surface area contributed by atoms with Crippen LogP contribution in [0.1, 0.15) is 5.56 Å². The predicted molar refractivity (Wildman–Crippen MR) is 77.9 cm³/mol. The van der Waals surface area contributed by atoms with Crippen molar-refractivity contribution in [2.24, 2.45) is 5.73 Å². The lowest BCUT2D eigenvalue weighted by molar-refractivity contribution is 0.354. The molecule has 0 fully saturated rings. The van der Waals surface area contributed by atoms with Crippen LogP contribution in [0.15, 0.2) is 36.4 Å². The van der Waals surface area contributed by atoms with E-state index in [4.69, 9.17) is 26.8 Å². The van der Waals surface area contributed by atoms with Gasteiger partial charge in [0.05, 0.1) is 14.2 Å². The van der Waals surface area contributed by atoms with E-state index in [2.05, 4.69) is 0 Å². The Balaban J connectivity index is 2.61. The smallest absolute Gasteiger partial charge is 0.161 e. The van der Waals surface area contributed by atoms with Gasteiger partial charge in [-0.2, -0.15) is 0 Å². The van der Waals surface area contributed by atoms with Gasteiger partial charge in [-0.3, -0.25) is 0 Å². The van der Waals surface area contributed by atoms with Crippen molar-refractivity contribution >= 4 is 11.6 Å². The van der Waals surface area contributed by atoms with Crippen molar-refractivity contribution in [1.29, 1.82) is 0 Å². The largest absolute Gasteiger partial charge is 0.493 e. The van der Waals surface area contributed by atoms with Crippen LogP contribution < -0.4 is 15.2 Å². The maximum Gasteiger partial charge on any atom is 0.161 e. The van der Waals surface area contributed by atoms with Crippen LogP contribution in [0.3, 0.4) is 0 Å². The Morgan fingerprint density at radius 1 is 1.05 bits per heavy atom. The van der Waals surface area contributed by atoms with Gasteiger partial charge in [0.2, 0.25) is 0 Å². The fourth-order valence-corrected chi connectivity index (χ4v) is 2.20. The third-order valence-electron chi connectivity index (χ3n) is 2.96. The van der Waals surface area contributed by atoms with Crippen molar-refractivity contribution in [1.82, 2.24) is 0 Å². The molecular formula is C15H16ClNO2. The van der Waals surface area contributed by atoms with Crippen LogP contribution in [0.4, 0.5) is 0 Å². The molecular weight excluding hydrogens is 262 g/mol. The van der Waals surface area contributed by atoms with Crippen LogP contribution >= 0.6 is 11.6 Å². The summed E-state index contributed by atoms with van der Waals surface area (Å²) in [6, 6.07) is 11.5. The zero-order valence-electron chi connectivity index (χ0n) is 10.9. The predicted octanol–water partition coefficient (Wildman–Crippen LogP) is 3.48. The minimum atomic E-state index is 0.419. The number of halogens is 1. The molecule has 0 radical (unpaired) electrons. The first-order valence-corrected chi connectivity index (χ1v) is 6.28. The van der Waals surface area contributed by atoms with E-state index in [-0.39, 0.29) is 0 Å². The van der Waals surface area contributed by atoms with Crippen molar-refractivity contribution in [2.75, 3.05) is 14.2 Å². The Kier molecular flexibility index (Phi) is 4.30. The number of nitrogens with two attached hydrogens (primary N) is 1. The molecule has 19 heavy (non-hydrogen) atoms. The average molecular weight is 278 g/mol. The van der Waals surface area contributed by atoms with Gasteiger partial charge in [-0.1, -0.05) is 23.7 Å². The number of benzene rings is 2. The zero-order chi connectivity index (χ0) is 13.8. The van der Waals surface area contributed by atoms with Crippen molar-refractivity contribution in [2.45, 2.75) is 6.54 Å². The maximum atomic E-state index is 6.04. The normalized spacial score (nSPS) is 10.3. The molecule has 2 aromatic rings. The van der Waals surface area contributed by atoms with E-state index >= 15 is 0 Å². The first-order valence-electron chi connectivity index (χ1n) is 5.90. The summed E-state index contributed by atoms with van der Waals surface area (Å²) in [6.45, 7) is 0.419. The van der Waals surface area contributed by atoms with E-state index in [1.54, 1.807) is 14.2 Å². The molecule has 2 aromatic carbocycles. The molecule has 4 heteroatoms. The van der Waals surface area contributed by atoms with Gasteiger partial charge in [-0.15, -0.1) is 0 Å². The Morgan fingerprint density at radius 3 is 2.32 bits per heavy atom. The summed E-state index contributed by atoms with van der Waals surface area (Å²) in [4.78, 5) is 0. The molecule has 2 N–H and O–H groups in total. The fourth-order valence-electron chi connectivity index (χ4n) is 2.01. The van der Waals surface area contributed by atoms with E-state index < -0.39 is 0 Å². The second-order valence-corrected chi connectivity index (χ2v) is 4.52. The van der Waals surface area contributed by atoms with Gasteiger partial charge in [0.1, 0.15) is 0 Å². The lowest BCUT2D eigenvalue weighted by Gasteiger charge is -2.14. The Morgan fingerprint density at radius 2 is 1.74 bits per heavy atom. The van der Waals surface area contributed by atoms with E-state index in [9.17, 15) is 0 Å². The second kappa shape index (κ2) is 5.95. The highest BCUT2D eigenvalue weighted by molar-refractivity contribution is 6.30. The third kappa shape index (κ3) is 2.83. The van der Waals surface area contributed by atoms with E-state index in [1.807, 2.05) is 36.4 Å².